The molecular weight excluding hydrogens is 331 g/mol. The van der Waals surface area contributed by atoms with E-state index in [4.69, 9.17) is 23.2 Å². The van der Waals surface area contributed by atoms with Crippen molar-refractivity contribution in [2.75, 3.05) is 26.7 Å². The molecule has 0 radical (unpaired) electrons. The summed E-state index contributed by atoms with van der Waals surface area (Å²) in [7, 11) is 1.92. The highest BCUT2D eigenvalue weighted by Gasteiger charge is 2.26. The molecule has 1 heterocycles. The lowest BCUT2D eigenvalue weighted by atomic mass is 10.0. The molecule has 0 spiro atoms. The van der Waals surface area contributed by atoms with Gasteiger partial charge in [0.1, 0.15) is 0 Å². The van der Waals surface area contributed by atoms with Crippen LogP contribution < -0.4 is 0 Å². The molecule has 0 unspecified atom stereocenters. The van der Waals surface area contributed by atoms with Crippen LogP contribution in [0.3, 0.4) is 0 Å². The Morgan fingerprint density at radius 2 is 1.87 bits per heavy atom. The Morgan fingerprint density at radius 1 is 1.22 bits per heavy atom. The van der Waals surface area contributed by atoms with Gasteiger partial charge in [-0.3, -0.25) is 4.79 Å². The third-order valence-electron chi connectivity index (χ3n) is 4.64. The Labute approximate surface area is 149 Å². The normalized spacial score (nSPS) is 16.8. The van der Waals surface area contributed by atoms with Crippen molar-refractivity contribution >= 4 is 29.1 Å². The van der Waals surface area contributed by atoms with Crippen LogP contribution in [0.5, 0.6) is 0 Å². The van der Waals surface area contributed by atoms with Crippen molar-refractivity contribution in [2.45, 2.75) is 39.2 Å². The number of carbonyl (C=O) groups is 1. The van der Waals surface area contributed by atoms with Gasteiger partial charge in [-0.2, -0.15) is 0 Å². The Balaban J connectivity index is 2.01. The number of likely N-dealkylation sites (tertiary alicyclic amines) is 1. The first-order valence-corrected chi connectivity index (χ1v) is 9.06. The summed E-state index contributed by atoms with van der Waals surface area (Å²) in [4.78, 5) is 17.0. The van der Waals surface area contributed by atoms with E-state index in [1.807, 2.05) is 18.0 Å². The van der Waals surface area contributed by atoms with Gasteiger partial charge in [-0.05, 0) is 49.5 Å². The van der Waals surface area contributed by atoms with Crippen molar-refractivity contribution in [3.05, 3.63) is 33.8 Å². The van der Waals surface area contributed by atoms with Gasteiger partial charge >= 0.3 is 0 Å². The molecule has 1 saturated heterocycles. The molecule has 1 aromatic carbocycles. The van der Waals surface area contributed by atoms with E-state index in [2.05, 4.69) is 18.7 Å². The molecule has 1 aliphatic heterocycles. The monoisotopic (exact) mass is 356 g/mol. The molecule has 2 rings (SSSR count). The van der Waals surface area contributed by atoms with Crippen molar-refractivity contribution in [1.82, 2.24) is 9.80 Å². The predicted molar refractivity (Wildman–Crippen MR) is 97.2 cm³/mol. The quantitative estimate of drug-likeness (QED) is 0.765. The second-order valence-electron chi connectivity index (χ2n) is 6.75. The summed E-state index contributed by atoms with van der Waals surface area (Å²) in [5.41, 5.74) is 0.903. The predicted octanol–water partition coefficient (Wildman–Crippen LogP) is 4.11. The highest BCUT2D eigenvalue weighted by Crippen LogP contribution is 2.23. The number of amides is 1. The maximum atomic E-state index is 12.7. The Kier molecular flexibility index (Phi) is 6.75. The molecule has 1 fully saturated rings. The Morgan fingerprint density at radius 3 is 2.43 bits per heavy atom. The molecule has 128 valence electrons. The van der Waals surface area contributed by atoms with Gasteiger partial charge in [-0.1, -0.05) is 43.1 Å². The van der Waals surface area contributed by atoms with Crippen LogP contribution in [-0.2, 0) is 11.2 Å². The molecule has 1 aromatic rings. The van der Waals surface area contributed by atoms with Crippen LogP contribution in [0.2, 0.25) is 10.0 Å². The van der Waals surface area contributed by atoms with Gasteiger partial charge in [0.05, 0.1) is 16.5 Å². The van der Waals surface area contributed by atoms with E-state index in [1.165, 1.54) is 12.8 Å². The summed E-state index contributed by atoms with van der Waals surface area (Å²) in [5, 5.41) is 1.02. The maximum absolute atomic E-state index is 12.7. The first-order chi connectivity index (χ1) is 10.9. The first kappa shape index (κ1) is 18.6. The van der Waals surface area contributed by atoms with Crippen LogP contribution in [0, 0.1) is 5.92 Å². The number of nitrogens with zero attached hydrogens (tertiary/aromatic N) is 2. The Hall–Kier alpha value is -0.770. The van der Waals surface area contributed by atoms with Crippen molar-refractivity contribution < 1.29 is 4.79 Å². The fourth-order valence-corrected chi connectivity index (χ4v) is 3.46. The van der Waals surface area contributed by atoms with E-state index >= 15 is 0 Å². The molecule has 5 heteroatoms. The average molecular weight is 357 g/mol. The standard InChI is InChI=1S/C18H26Cl2N2O/c1-13(2)17(12-22-8-4-5-9-22)21(3)18(23)11-14-6-7-15(19)16(20)10-14/h6-7,10,13,17H,4-5,8-9,11-12H2,1-3H3/t17-/m0/s1. The molecule has 1 atom stereocenters. The van der Waals surface area contributed by atoms with Gasteiger partial charge in [0, 0.05) is 19.6 Å². The van der Waals surface area contributed by atoms with Crippen molar-refractivity contribution in [3.63, 3.8) is 0 Å². The van der Waals surface area contributed by atoms with Crippen LogP contribution >= 0.6 is 23.2 Å². The molecular formula is C18H26Cl2N2O. The van der Waals surface area contributed by atoms with E-state index in [0.29, 0.717) is 22.4 Å². The second kappa shape index (κ2) is 8.36. The van der Waals surface area contributed by atoms with E-state index in [0.717, 1.165) is 25.2 Å². The van der Waals surface area contributed by atoms with Gasteiger partial charge in [0.25, 0.3) is 0 Å². The minimum absolute atomic E-state index is 0.126. The summed E-state index contributed by atoms with van der Waals surface area (Å²) in [6.45, 7) is 7.63. The lowest BCUT2D eigenvalue weighted by molar-refractivity contribution is -0.132. The summed E-state index contributed by atoms with van der Waals surface area (Å²) in [6, 6.07) is 5.63. The first-order valence-electron chi connectivity index (χ1n) is 8.30. The number of likely N-dealkylation sites (N-methyl/N-ethyl adjacent to an activating group) is 1. The van der Waals surface area contributed by atoms with Gasteiger partial charge in [0.15, 0.2) is 0 Å². The lowest BCUT2D eigenvalue weighted by Gasteiger charge is -2.34. The largest absolute Gasteiger partial charge is 0.341 e. The molecule has 0 saturated carbocycles. The number of carbonyl (C=O) groups excluding carboxylic acids is 1. The van der Waals surface area contributed by atoms with Gasteiger partial charge in [-0.25, -0.2) is 0 Å². The van der Waals surface area contributed by atoms with Crippen LogP contribution in [-0.4, -0.2) is 48.4 Å². The van der Waals surface area contributed by atoms with Gasteiger partial charge in [-0.15, -0.1) is 0 Å². The molecule has 1 amide bonds. The SMILES string of the molecule is CC(C)[C@H](CN1CCCC1)N(C)C(=O)Cc1ccc(Cl)c(Cl)c1. The Bertz CT molecular complexity index is 542. The van der Waals surface area contributed by atoms with E-state index in [1.54, 1.807) is 12.1 Å². The van der Waals surface area contributed by atoms with Crippen LogP contribution in [0.15, 0.2) is 18.2 Å². The minimum atomic E-state index is 0.126. The molecule has 23 heavy (non-hydrogen) atoms. The number of halogens is 2. The third-order valence-corrected chi connectivity index (χ3v) is 5.38. The molecule has 3 nitrogen and oxygen atoms in total. The van der Waals surface area contributed by atoms with Gasteiger partial charge < -0.3 is 9.80 Å². The molecule has 0 aliphatic carbocycles. The maximum Gasteiger partial charge on any atom is 0.227 e. The zero-order valence-electron chi connectivity index (χ0n) is 14.2. The smallest absolute Gasteiger partial charge is 0.227 e. The number of benzene rings is 1. The summed E-state index contributed by atoms with van der Waals surface area (Å²) < 4.78 is 0. The summed E-state index contributed by atoms with van der Waals surface area (Å²) in [5.74, 6) is 0.555. The fourth-order valence-electron chi connectivity index (χ4n) is 3.14. The van der Waals surface area contributed by atoms with Crippen molar-refractivity contribution in [3.8, 4) is 0 Å². The number of hydrogen-bond acceptors (Lipinski definition) is 2. The lowest BCUT2D eigenvalue weighted by Crippen LogP contribution is -2.47. The number of rotatable bonds is 6. The second-order valence-corrected chi connectivity index (χ2v) is 7.56. The highest BCUT2D eigenvalue weighted by molar-refractivity contribution is 6.42. The summed E-state index contributed by atoms with van der Waals surface area (Å²) >= 11 is 12.0. The van der Waals surface area contributed by atoms with Crippen LogP contribution in [0.1, 0.15) is 32.3 Å². The molecule has 1 aliphatic rings. The average Bonchev–Trinajstić information content (AvgIpc) is 3.00. The van der Waals surface area contributed by atoms with E-state index < -0.39 is 0 Å². The minimum Gasteiger partial charge on any atom is -0.341 e. The third kappa shape index (κ3) is 5.10. The van der Waals surface area contributed by atoms with Crippen LogP contribution in [0.25, 0.3) is 0 Å². The van der Waals surface area contributed by atoms with Crippen molar-refractivity contribution in [1.29, 1.82) is 0 Å². The molecule has 0 bridgehead atoms. The van der Waals surface area contributed by atoms with E-state index in [9.17, 15) is 4.79 Å². The number of hydrogen-bond donors (Lipinski definition) is 0. The molecule has 0 N–H and O–H groups in total. The van der Waals surface area contributed by atoms with E-state index in [-0.39, 0.29) is 11.9 Å². The summed E-state index contributed by atoms with van der Waals surface area (Å²) in [6.07, 6.45) is 2.90. The topological polar surface area (TPSA) is 23.6 Å². The van der Waals surface area contributed by atoms with Crippen molar-refractivity contribution in [2.24, 2.45) is 5.92 Å². The highest BCUT2D eigenvalue weighted by atomic mass is 35.5. The van der Waals surface area contributed by atoms with Gasteiger partial charge in [0.2, 0.25) is 5.91 Å². The van der Waals surface area contributed by atoms with Crippen LogP contribution in [0.4, 0.5) is 0 Å². The zero-order valence-corrected chi connectivity index (χ0v) is 15.7. The fraction of sp³-hybridized carbons (Fsp3) is 0.611. The molecule has 0 aromatic heterocycles. The zero-order chi connectivity index (χ0) is 17.0.